The minimum Gasteiger partial charge on any atom is -0.496 e. The van der Waals surface area contributed by atoms with Crippen LogP contribution >= 0.6 is 0 Å². The molecule has 0 unspecified atom stereocenters. The van der Waals surface area contributed by atoms with E-state index in [1.54, 1.807) is 6.07 Å². The third-order valence-corrected chi connectivity index (χ3v) is 1.80. The van der Waals surface area contributed by atoms with Crippen LogP contribution in [0.25, 0.3) is 0 Å². The highest BCUT2D eigenvalue weighted by molar-refractivity contribution is 5.40. The van der Waals surface area contributed by atoms with Crippen molar-refractivity contribution in [1.82, 2.24) is 0 Å². The molecule has 0 bridgehead atoms. The third-order valence-electron chi connectivity index (χ3n) is 1.80. The molecule has 1 aromatic rings. The summed E-state index contributed by atoms with van der Waals surface area (Å²) < 4.78 is 18.3. The lowest BCUT2D eigenvalue weighted by atomic mass is 10.1. The van der Waals surface area contributed by atoms with Crippen LogP contribution in [0, 0.1) is 25.1 Å². The maximum absolute atomic E-state index is 13.3. The Bertz CT molecular complexity index is 350. The van der Waals surface area contributed by atoms with Gasteiger partial charge in [0.15, 0.2) is 0 Å². The van der Waals surface area contributed by atoms with Gasteiger partial charge < -0.3 is 4.74 Å². The van der Waals surface area contributed by atoms with E-state index in [1.807, 2.05) is 6.92 Å². The number of hydrogen-bond donors (Lipinski definition) is 0. The highest BCUT2D eigenvalue weighted by Gasteiger charge is 2.08. The Kier molecular flexibility index (Phi) is 2.92. The molecule has 0 radical (unpaired) electrons. The average Bonchev–Trinajstić information content (AvgIpc) is 2.09. The molecular weight excluding hydrogens is 167 g/mol. The van der Waals surface area contributed by atoms with E-state index >= 15 is 0 Å². The minimum absolute atomic E-state index is 0.259. The van der Waals surface area contributed by atoms with Crippen LogP contribution in [0.3, 0.4) is 0 Å². The van der Waals surface area contributed by atoms with Crippen LogP contribution < -0.4 is 4.74 Å². The highest BCUT2D eigenvalue weighted by Crippen LogP contribution is 2.23. The highest BCUT2D eigenvalue weighted by atomic mass is 19.1. The molecule has 1 nitrogen and oxygen atoms in total. The van der Waals surface area contributed by atoms with Crippen molar-refractivity contribution < 1.29 is 9.13 Å². The Hall–Kier alpha value is -1.49. The molecule has 0 aliphatic carbocycles. The monoisotopic (exact) mass is 178 g/mol. The fourth-order valence-electron chi connectivity index (χ4n) is 1.20. The van der Waals surface area contributed by atoms with Gasteiger partial charge in [-0.05, 0) is 24.6 Å². The minimum atomic E-state index is -0.296. The van der Waals surface area contributed by atoms with Crippen LogP contribution in [0.4, 0.5) is 4.39 Å². The second-order valence-corrected chi connectivity index (χ2v) is 2.81. The number of hydrogen-bond acceptors (Lipinski definition) is 1. The first-order chi connectivity index (χ1) is 6.19. The lowest BCUT2D eigenvalue weighted by Crippen LogP contribution is -1.96. The third kappa shape index (κ3) is 2.00. The van der Waals surface area contributed by atoms with E-state index in [-0.39, 0.29) is 12.2 Å². The molecule has 0 aliphatic rings. The molecule has 0 atom stereocenters. The van der Waals surface area contributed by atoms with Gasteiger partial charge in [0.2, 0.25) is 0 Å². The molecule has 1 rings (SSSR count). The number of terminal acetylenes is 1. The Morgan fingerprint density at radius 3 is 2.77 bits per heavy atom. The Balaban J connectivity index is 3.23. The van der Waals surface area contributed by atoms with Crippen molar-refractivity contribution in [1.29, 1.82) is 0 Å². The Morgan fingerprint density at radius 1 is 1.54 bits per heavy atom. The zero-order valence-electron chi connectivity index (χ0n) is 7.73. The van der Waals surface area contributed by atoms with Gasteiger partial charge in [-0.15, -0.1) is 12.3 Å². The van der Waals surface area contributed by atoms with Crippen LogP contribution in [0.5, 0.6) is 5.75 Å². The van der Waals surface area contributed by atoms with E-state index in [2.05, 4.69) is 5.92 Å². The normalized spacial score (nSPS) is 9.38. The molecule has 0 aromatic heterocycles. The van der Waals surface area contributed by atoms with Crippen LogP contribution in [0.2, 0.25) is 0 Å². The zero-order valence-corrected chi connectivity index (χ0v) is 7.73. The number of halogens is 1. The smallest absolute Gasteiger partial charge is 0.131 e. The van der Waals surface area contributed by atoms with Gasteiger partial charge in [-0.1, -0.05) is 0 Å². The van der Waals surface area contributed by atoms with Gasteiger partial charge in [-0.25, -0.2) is 4.39 Å². The second kappa shape index (κ2) is 3.95. The molecule has 0 amide bonds. The first-order valence-electron chi connectivity index (χ1n) is 3.95. The van der Waals surface area contributed by atoms with Gasteiger partial charge in [0, 0.05) is 12.0 Å². The number of aryl methyl sites for hydroxylation is 1. The lowest BCUT2D eigenvalue weighted by Gasteiger charge is -2.08. The molecule has 0 spiro atoms. The lowest BCUT2D eigenvalue weighted by molar-refractivity contribution is 0.405. The van der Waals surface area contributed by atoms with Gasteiger partial charge in [0.25, 0.3) is 0 Å². The first-order valence-corrected chi connectivity index (χ1v) is 3.95. The van der Waals surface area contributed by atoms with Gasteiger partial charge in [-0.2, -0.15) is 0 Å². The quantitative estimate of drug-likeness (QED) is 0.631. The molecule has 2 heteroatoms. The van der Waals surface area contributed by atoms with Crippen molar-refractivity contribution in [3.63, 3.8) is 0 Å². The predicted octanol–water partition coefficient (Wildman–Crippen LogP) is 2.32. The molecule has 0 N–H and O–H groups in total. The SMILES string of the molecule is C#CCc1c(F)cc(C)cc1OC. The summed E-state index contributed by atoms with van der Waals surface area (Å²) in [6, 6.07) is 3.23. The standard InChI is InChI=1S/C11H11FO/c1-4-5-9-10(12)6-8(2)7-11(9)13-3/h1,6-7H,5H2,2-3H3. The molecule has 0 aliphatic heterocycles. The number of methoxy groups -OCH3 is 1. The molecule has 68 valence electrons. The van der Waals surface area contributed by atoms with Gasteiger partial charge >= 0.3 is 0 Å². The first kappa shape index (κ1) is 9.60. The van der Waals surface area contributed by atoms with Gasteiger partial charge in [0.05, 0.1) is 7.11 Å². The maximum atomic E-state index is 13.3. The van der Waals surface area contributed by atoms with Crippen molar-refractivity contribution in [2.75, 3.05) is 7.11 Å². The van der Waals surface area contributed by atoms with E-state index in [9.17, 15) is 4.39 Å². The van der Waals surface area contributed by atoms with E-state index in [0.29, 0.717) is 11.3 Å². The van der Waals surface area contributed by atoms with Crippen molar-refractivity contribution >= 4 is 0 Å². The summed E-state index contributed by atoms with van der Waals surface area (Å²) in [6.07, 6.45) is 5.38. The fraction of sp³-hybridized carbons (Fsp3) is 0.273. The molecule has 1 aromatic carbocycles. The number of ether oxygens (including phenoxy) is 1. The van der Waals surface area contributed by atoms with Crippen LogP contribution in [0.1, 0.15) is 11.1 Å². The predicted molar refractivity (Wildman–Crippen MR) is 50.2 cm³/mol. The van der Waals surface area contributed by atoms with E-state index in [1.165, 1.54) is 13.2 Å². The summed E-state index contributed by atoms with van der Waals surface area (Å²) in [6.45, 7) is 1.81. The summed E-state index contributed by atoms with van der Waals surface area (Å²) >= 11 is 0. The molecule has 13 heavy (non-hydrogen) atoms. The second-order valence-electron chi connectivity index (χ2n) is 2.81. The number of rotatable bonds is 2. The van der Waals surface area contributed by atoms with Crippen molar-refractivity contribution in [3.05, 3.63) is 29.1 Å². The van der Waals surface area contributed by atoms with E-state index in [4.69, 9.17) is 11.2 Å². The summed E-state index contributed by atoms with van der Waals surface area (Å²) in [4.78, 5) is 0. The van der Waals surface area contributed by atoms with Crippen molar-refractivity contribution in [2.24, 2.45) is 0 Å². The Morgan fingerprint density at radius 2 is 2.23 bits per heavy atom. The number of benzene rings is 1. The van der Waals surface area contributed by atoms with Crippen LogP contribution in [0.15, 0.2) is 12.1 Å². The summed E-state index contributed by atoms with van der Waals surface area (Å²) in [5, 5.41) is 0. The summed E-state index contributed by atoms with van der Waals surface area (Å²) in [7, 11) is 1.51. The summed E-state index contributed by atoms with van der Waals surface area (Å²) in [5.41, 5.74) is 1.28. The molecule has 0 fully saturated rings. The molecule has 0 saturated carbocycles. The molecule has 0 saturated heterocycles. The zero-order chi connectivity index (χ0) is 9.84. The van der Waals surface area contributed by atoms with Crippen LogP contribution in [-0.2, 0) is 6.42 Å². The van der Waals surface area contributed by atoms with Gasteiger partial charge in [0.1, 0.15) is 11.6 Å². The van der Waals surface area contributed by atoms with Gasteiger partial charge in [-0.3, -0.25) is 0 Å². The van der Waals surface area contributed by atoms with E-state index in [0.717, 1.165) is 5.56 Å². The Labute approximate surface area is 77.5 Å². The van der Waals surface area contributed by atoms with Crippen molar-refractivity contribution in [3.8, 4) is 18.1 Å². The molecular formula is C11H11FO. The maximum Gasteiger partial charge on any atom is 0.131 e. The molecule has 0 heterocycles. The topological polar surface area (TPSA) is 9.23 Å². The van der Waals surface area contributed by atoms with Crippen molar-refractivity contribution in [2.45, 2.75) is 13.3 Å². The fourth-order valence-corrected chi connectivity index (χ4v) is 1.20. The van der Waals surface area contributed by atoms with Crippen LogP contribution in [-0.4, -0.2) is 7.11 Å². The summed E-state index contributed by atoms with van der Waals surface area (Å²) in [5.74, 6) is 2.63. The van der Waals surface area contributed by atoms with E-state index < -0.39 is 0 Å². The largest absolute Gasteiger partial charge is 0.496 e. The average molecular weight is 178 g/mol.